The second-order valence-electron chi connectivity index (χ2n) is 6.81. The molecule has 2 aromatic rings. The summed E-state index contributed by atoms with van der Waals surface area (Å²) in [5.74, 6) is -0.239. The number of nitrogens with zero attached hydrogens (tertiary/aromatic N) is 1. The van der Waals surface area contributed by atoms with Crippen molar-refractivity contribution < 1.29 is 14.5 Å². The zero-order valence-corrected chi connectivity index (χ0v) is 14.8. The number of rotatable bonds is 2. The minimum atomic E-state index is -0.306. The molecular formula is C20H20ClN2O2+. The van der Waals surface area contributed by atoms with E-state index >= 15 is 0 Å². The maximum Gasteiger partial charge on any atom is 0.292 e. The van der Waals surface area contributed by atoms with Crippen LogP contribution in [0, 0.1) is 6.92 Å². The molecule has 2 heterocycles. The first-order valence-corrected chi connectivity index (χ1v) is 8.97. The number of fused-ring (bicyclic) bond motifs is 1. The number of carbonyl (C=O) groups excluding carboxylic acids is 2. The molecule has 1 unspecified atom stereocenters. The minimum absolute atomic E-state index is 0.107. The van der Waals surface area contributed by atoms with Gasteiger partial charge in [0, 0.05) is 17.0 Å². The van der Waals surface area contributed by atoms with Crippen molar-refractivity contribution in [3.8, 4) is 0 Å². The number of quaternary nitrogens is 1. The Kier molecular flexibility index (Phi) is 4.10. The predicted molar refractivity (Wildman–Crippen MR) is 96.8 cm³/mol. The lowest BCUT2D eigenvalue weighted by molar-refractivity contribution is -0.930. The second kappa shape index (κ2) is 6.28. The van der Waals surface area contributed by atoms with Crippen LogP contribution in [0.5, 0.6) is 0 Å². The lowest BCUT2D eigenvalue weighted by Crippen LogP contribution is -3.16. The van der Waals surface area contributed by atoms with Crippen LogP contribution in [-0.4, -0.2) is 24.4 Å². The fraction of sp³-hybridized carbons (Fsp3) is 0.300. The highest BCUT2D eigenvalue weighted by Crippen LogP contribution is 2.30. The van der Waals surface area contributed by atoms with Crippen molar-refractivity contribution in [3.63, 3.8) is 0 Å². The monoisotopic (exact) mass is 355 g/mol. The van der Waals surface area contributed by atoms with Gasteiger partial charge >= 0.3 is 0 Å². The normalized spacial score (nSPS) is 23.0. The van der Waals surface area contributed by atoms with Crippen molar-refractivity contribution >= 4 is 29.1 Å². The van der Waals surface area contributed by atoms with Gasteiger partial charge in [-0.3, -0.25) is 9.59 Å². The number of imide groups is 1. The van der Waals surface area contributed by atoms with E-state index in [1.54, 1.807) is 18.2 Å². The Bertz CT molecular complexity index is 865. The molecule has 1 saturated heterocycles. The van der Waals surface area contributed by atoms with Crippen molar-refractivity contribution in [2.24, 2.45) is 0 Å². The third-order valence-electron chi connectivity index (χ3n) is 5.37. The quantitative estimate of drug-likeness (QED) is 0.836. The summed E-state index contributed by atoms with van der Waals surface area (Å²) in [6.07, 6.45) is 1.21. The molecule has 1 N–H and O–H groups in total. The third kappa shape index (κ3) is 2.75. The molecule has 2 atom stereocenters. The number of hydrogen-bond donors (Lipinski definition) is 1. The van der Waals surface area contributed by atoms with Gasteiger partial charge in [0.1, 0.15) is 6.54 Å². The van der Waals surface area contributed by atoms with Gasteiger partial charge in [-0.25, -0.2) is 4.90 Å². The van der Waals surface area contributed by atoms with Gasteiger partial charge in [-0.1, -0.05) is 41.9 Å². The summed E-state index contributed by atoms with van der Waals surface area (Å²) < 4.78 is 0. The molecule has 0 aromatic heterocycles. The Morgan fingerprint density at radius 1 is 1.08 bits per heavy atom. The fourth-order valence-electron chi connectivity index (χ4n) is 3.94. The van der Waals surface area contributed by atoms with Gasteiger partial charge < -0.3 is 4.90 Å². The highest BCUT2D eigenvalue weighted by molar-refractivity contribution is 6.32. The standard InChI is InChI=1S/C20H19ClN2O2/c1-13-16(21)7-4-8-17(13)23-19(24)11-18(20(23)25)22-10-9-14-5-2-3-6-15(14)12-22/h2-8,18H,9-12H2,1H3/p+1/t18-/m1/s1. The molecule has 1 fully saturated rings. The highest BCUT2D eigenvalue weighted by atomic mass is 35.5. The Balaban J connectivity index is 1.61. The van der Waals surface area contributed by atoms with Gasteiger partial charge in [-0.15, -0.1) is 0 Å². The van der Waals surface area contributed by atoms with Crippen molar-refractivity contribution in [2.75, 3.05) is 11.4 Å². The summed E-state index contributed by atoms with van der Waals surface area (Å²) in [4.78, 5) is 28.1. The SMILES string of the molecule is Cc1c(Cl)cccc1N1C(=O)C[C@@H]([NH+]2CCc3ccccc3C2)C1=O. The van der Waals surface area contributed by atoms with Crippen LogP contribution in [-0.2, 0) is 22.6 Å². The first-order valence-electron chi connectivity index (χ1n) is 8.59. The molecule has 5 heteroatoms. The molecule has 4 nitrogen and oxygen atoms in total. The van der Waals surface area contributed by atoms with Gasteiger partial charge in [0.15, 0.2) is 6.04 Å². The maximum atomic E-state index is 13.0. The molecule has 0 aliphatic carbocycles. The maximum absolute atomic E-state index is 13.0. The number of benzene rings is 2. The molecule has 2 aromatic carbocycles. The Hall–Kier alpha value is -2.17. The van der Waals surface area contributed by atoms with Crippen LogP contribution in [0.15, 0.2) is 42.5 Å². The highest BCUT2D eigenvalue weighted by Gasteiger charge is 2.46. The van der Waals surface area contributed by atoms with Gasteiger partial charge in [0.2, 0.25) is 5.91 Å². The number of amides is 2. The van der Waals surface area contributed by atoms with Crippen LogP contribution in [0.25, 0.3) is 0 Å². The van der Waals surface area contributed by atoms with Crippen LogP contribution in [0.2, 0.25) is 5.02 Å². The molecule has 0 bridgehead atoms. The van der Waals surface area contributed by atoms with E-state index in [0.29, 0.717) is 10.7 Å². The Morgan fingerprint density at radius 2 is 1.84 bits per heavy atom. The summed E-state index contributed by atoms with van der Waals surface area (Å²) in [6, 6.07) is 13.4. The zero-order valence-electron chi connectivity index (χ0n) is 14.1. The number of carbonyl (C=O) groups is 2. The lowest BCUT2D eigenvalue weighted by atomic mass is 9.98. The summed E-state index contributed by atoms with van der Waals surface area (Å²) in [6.45, 7) is 3.51. The van der Waals surface area contributed by atoms with E-state index in [1.165, 1.54) is 20.9 Å². The van der Waals surface area contributed by atoms with E-state index in [0.717, 1.165) is 25.1 Å². The zero-order chi connectivity index (χ0) is 17.6. The average Bonchev–Trinajstić information content (AvgIpc) is 2.91. The van der Waals surface area contributed by atoms with Crippen LogP contribution >= 0.6 is 11.6 Å². The molecule has 0 radical (unpaired) electrons. The van der Waals surface area contributed by atoms with Gasteiger partial charge in [-0.2, -0.15) is 0 Å². The minimum Gasteiger partial charge on any atom is -0.320 e. The number of halogens is 1. The topological polar surface area (TPSA) is 41.8 Å². The van der Waals surface area contributed by atoms with Crippen molar-refractivity contribution in [3.05, 3.63) is 64.2 Å². The molecule has 128 valence electrons. The van der Waals surface area contributed by atoms with Crippen LogP contribution in [0.1, 0.15) is 23.1 Å². The lowest BCUT2D eigenvalue weighted by Gasteiger charge is -2.29. The summed E-state index contributed by atoms with van der Waals surface area (Å²) >= 11 is 6.17. The van der Waals surface area contributed by atoms with Crippen LogP contribution < -0.4 is 9.80 Å². The van der Waals surface area contributed by atoms with E-state index in [2.05, 4.69) is 18.2 Å². The molecule has 0 saturated carbocycles. The molecule has 0 spiro atoms. The van der Waals surface area contributed by atoms with Crippen LogP contribution in [0.3, 0.4) is 0 Å². The van der Waals surface area contributed by atoms with Crippen molar-refractivity contribution in [2.45, 2.75) is 32.4 Å². The van der Waals surface area contributed by atoms with Crippen LogP contribution in [0.4, 0.5) is 5.69 Å². The number of hydrogen-bond acceptors (Lipinski definition) is 2. The van der Waals surface area contributed by atoms with E-state index in [-0.39, 0.29) is 24.3 Å². The largest absolute Gasteiger partial charge is 0.320 e. The first-order chi connectivity index (χ1) is 12.1. The van der Waals surface area contributed by atoms with Gasteiger partial charge in [0.25, 0.3) is 5.91 Å². The molecule has 4 rings (SSSR count). The average molecular weight is 356 g/mol. The molecule has 25 heavy (non-hydrogen) atoms. The van der Waals surface area contributed by atoms with Gasteiger partial charge in [0.05, 0.1) is 18.7 Å². The van der Waals surface area contributed by atoms with Gasteiger partial charge in [-0.05, 0) is 30.2 Å². The first kappa shape index (κ1) is 16.3. The van der Waals surface area contributed by atoms with Crippen molar-refractivity contribution in [1.82, 2.24) is 0 Å². The fourth-order valence-corrected chi connectivity index (χ4v) is 4.11. The second-order valence-corrected chi connectivity index (χ2v) is 7.22. The third-order valence-corrected chi connectivity index (χ3v) is 5.78. The van der Waals surface area contributed by atoms with E-state index in [4.69, 9.17) is 11.6 Å². The smallest absolute Gasteiger partial charge is 0.292 e. The Morgan fingerprint density at radius 3 is 2.64 bits per heavy atom. The number of nitrogens with one attached hydrogen (secondary N) is 1. The molecular weight excluding hydrogens is 336 g/mol. The predicted octanol–water partition coefficient (Wildman–Crippen LogP) is 1.92. The van der Waals surface area contributed by atoms with E-state index < -0.39 is 0 Å². The summed E-state index contributed by atoms with van der Waals surface area (Å²) in [7, 11) is 0. The van der Waals surface area contributed by atoms with E-state index in [1.807, 2.05) is 13.0 Å². The van der Waals surface area contributed by atoms with Crippen molar-refractivity contribution in [1.29, 1.82) is 0 Å². The molecule has 2 aliphatic heterocycles. The number of anilines is 1. The molecule has 2 aliphatic rings. The Labute approximate surface area is 152 Å². The van der Waals surface area contributed by atoms with E-state index in [9.17, 15) is 9.59 Å². The molecule has 2 amide bonds. The summed E-state index contributed by atoms with van der Waals surface area (Å²) in [5, 5.41) is 0.570. The summed E-state index contributed by atoms with van der Waals surface area (Å²) in [5.41, 5.74) is 4.01.